The van der Waals surface area contributed by atoms with Crippen molar-refractivity contribution >= 4 is 18.3 Å². The van der Waals surface area contributed by atoms with Crippen molar-refractivity contribution in [3.63, 3.8) is 0 Å². The van der Waals surface area contributed by atoms with Crippen LogP contribution in [0.1, 0.15) is 35.7 Å². The fourth-order valence-corrected chi connectivity index (χ4v) is 1.80. The van der Waals surface area contributed by atoms with Gasteiger partial charge >= 0.3 is 0 Å². The predicted molar refractivity (Wildman–Crippen MR) is 71.2 cm³/mol. The molecule has 1 aromatic carbocycles. The van der Waals surface area contributed by atoms with Gasteiger partial charge in [-0.15, -0.1) is 12.4 Å². The second-order valence-corrected chi connectivity index (χ2v) is 4.50. The van der Waals surface area contributed by atoms with Gasteiger partial charge in [-0.05, 0) is 43.4 Å². The predicted octanol–water partition coefficient (Wildman–Crippen LogP) is 2.10. The highest BCUT2D eigenvalue weighted by Crippen LogP contribution is 2.32. The number of rotatable bonds is 4. The van der Waals surface area contributed by atoms with E-state index in [9.17, 15) is 4.79 Å². The third-order valence-electron chi connectivity index (χ3n) is 3.14. The summed E-state index contributed by atoms with van der Waals surface area (Å²) in [4.78, 5) is 11.8. The molecule has 0 radical (unpaired) electrons. The fraction of sp³-hybridized carbons (Fsp3) is 0.462. The Balaban J connectivity index is 0.00000144. The van der Waals surface area contributed by atoms with Crippen LogP contribution in [0.25, 0.3) is 0 Å². The van der Waals surface area contributed by atoms with E-state index in [4.69, 9.17) is 5.73 Å². The lowest BCUT2D eigenvalue weighted by Crippen LogP contribution is -2.33. The van der Waals surface area contributed by atoms with E-state index in [0.29, 0.717) is 24.1 Å². The number of nitrogens with one attached hydrogen (secondary N) is 1. The number of carbonyl (C=O) groups excluding carboxylic acids is 1. The van der Waals surface area contributed by atoms with Gasteiger partial charge in [-0.2, -0.15) is 0 Å². The van der Waals surface area contributed by atoms with Crippen LogP contribution in [0.5, 0.6) is 0 Å². The number of amides is 1. The van der Waals surface area contributed by atoms with Gasteiger partial charge in [-0.3, -0.25) is 4.79 Å². The number of carbonyl (C=O) groups is 1. The van der Waals surface area contributed by atoms with E-state index < -0.39 is 0 Å². The molecule has 0 spiro atoms. The van der Waals surface area contributed by atoms with Gasteiger partial charge in [-0.25, -0.2) is 0 Å². The molecule has 1 amide bonds. The van der Waals surface area contributed by atoms with E-state index in [1.54, 1.807) is 0 Å². The van der Waals surface area contributed by atoms with Crippen molar-refractivity contribution in [3.8, 4) is 0 Å². The Morgan fingerprint density at radius 3 is 2.47 bits per heavy atom. The second kappa shape index (κ2) is 6.03. The van der Waals surface area contributed by atoms with Crippen molar-refractivity contribution in [1.82, 2.24) is 5.32 Å². The van der Waals surface area contributed by atoms with Crippen molar-refractivity contribution < 1.29 is 4.79 Å². The molecule has 2 rings (SSSR count). The van der Waals surface area contributed by atoms with Gasteiger partial charge in [0.15, 0.2) is 0 Å². The first kappa shape index (κ1) is 14.0. The van der Waals surface area contributed by atoms with Crippen LogP contribution < -0.4 is 11.1 Å². The van der Waals surface area contributed by atoms with Crippen LogP contribution in [-0.2, 0) is 6.54 Å². The highest BCUT2D eigenvalue weighted by molar-refractivity contribution is 5.94. The van der Waals surface area contributed by atoms with Crippen LogP contribution in [0.2, 0.25) is 0 Å². The maximum atomic E-state index is 11.8. The standard InChI is InChI=1S/C13H18N2O.ClH/c1-9(11-6-7-11)15-13(16)12-4-2-10(8-14)3-5-12;/h2-5,9,11H,6-8,14H2,1H3,(H,15,16);1H. The molecule has 1 saturated carbocycles. The number of benzene rings is 1. The summed E-state index contributed by atoms with van der Waals surface area (Å²) in [5.41, 5.74) is 7.26. The van der Waals surface area contributed by atoms with E-state index in [2.05, 4.69) is 12.2 Å². The Kier molecular flexibility index (Phi) is 4.97. The number of hydrogen-bond acceptors (Lipinski definition) is 2. The molecule has 0 aliphatic heterocycles. The summed E-state index contributed by atoms with van der Waals surface area (Å²) in [6, 6.07) is 7.75. The van der Waals surface area contributed by atoms with Crippen LogP contribution in [0.3, 0.4) is 0 Å². The van der Waals surface area contributed by atoms with E-state index in [1.807, 2.05) is 24.3 Å². The Morgan fingerprint density at radius 1 is 1.41 bits per heavy atom. The third kappa shape index (κ3) is 3.72. The van der Waals surface area contributed by atoms with Crippen LogP contribution in [0, 0.1) is 5.92 Å². The highest BCUT2D eigenvalue weighted by Gasteiger charge is 2.28. The smallest absolute Gasteiger partial charge is 0.251 e. The average Bonchev–Trinajstić information content (AvgIpc) is 3.13. The average molecular weight is 255 g/mol. The van der Waals surface area contributed by atoms with Gasteiger partial charge in [0.1, 0.15) is 0 Å². The second-order valence-electron chi connectivity index (χ2n) is 4.50. The molecule has 3 nitrogen and oxygen atoms in total. The first-order valence-electron chi connectivity index (χ1n) is 5.80. The summed E-state index contributed by atoms with van der Waals surface area (Å²) in [6.45, 7) is 2.59. The maximum Gasteiger partial charge on any atom is 0.251 e. The van der Waals surface area contributed by atoms with E-state index in [0.717, 1.165) is 5.56 Å². The van der Waals surface area contributed by atoms with Crippen molar-refractivity contribution in [1.29, 1.82) is 0 Å². The van der Waals surface area contributed by atoms with Crippen LogP contribution in [0.15, 0.2) is 24.3 Å². The number of halogens is 1. The van der Waals surface area contributed by atoms with Crippen molar-refractivity contribution in [2.45, 2.75) is 32.4 Å². The minimum atomic E-state index is 0. The molecular formula is C13H19ClN2O. The zero-order chi connectivity index (χ0) is 11.5. The van der Waals surface area contributed by atoms with E-state index in [-0.39, 0.29) is 18.3 Å². The lowest BCUT2D eigenvalue weighted by molar-refractivity contribution is 0.0936. The molecule has 1 unspecified atom stereocenters. The Morgan fingerprint density at radius 2 is 2.00 bits per heavy atom. The third-order valence-corrected chi connectivity index (χ3v) is 3.14. The Hall–Kier alpha value is -1.06. The Bertz CT molecular complexity index is 374. The molecule has 0 heterocycles. The summed E-state index contributed by atoms with van der Waals surface area (Å²) in [5.74, 6) is 0.704. The summed E-state index contributed by atoms with van der Waals surface area (Å²) < 4.78 is 0. The molecule has 1 aromatic rings. The van der Waals surface area contributed by atoms with Crippen molar-refractivity contribution in [2.24, 2.45) is 11.7 Å². The SMILES string of the molecule is CC(NC(=O)c1ccc(CN)cc1)C1CC1.Cl. The van der Waals surface area contributed by atoms with Crippen LogP contribution >= 0.6 is 12.4 Å². The van der Waals surface area contributed by atoms with Gasteiger partial charge in [0, 0.05) is 18.2 Å². The monoisotopic (exact) mass is 254 g/mol. The summed E-state index contributed by atoms with van der Waals surface area (Å²) >= 11 is 0. The molecule has 1 aliphatic carbocycles. The van der Waals surface area contributed by atoms with Gasteiger partial charge in [0.2, 0.25) is 0 Å². The lowest BCUT2D eigenvalue weighted by Gasteiger charge is -2.12. The van der Waals surface area contributed by atoms with Crippen molar-refractivity contribution in [2.75, 3.05) is 0 Å². The molecule has 0 saturated heterocycles. The topological polar surface area (TPSA) is 55.1 Å². The summed E-state index contributed by atoms with van der Waals surface area (Å²) in [5, 5.41) is 3.03. The molecule has 94 valence electrons. The largest absolute Gasteiger partial charge is 0.349 e. The normalized spacial score (nSPS) is 15.9. The molecule has 1 aliphatic rings. The van der Waals surface area contributed by atoms with Crippen LogP contribution in [0.4, 0.5) is 0 Å². The lowest BCUT2D eigenvalue weighted by atomic mass is 10.1. The minimum absolute atomic E-state index is 0. The summed E-state index contributed by atoms with van der Waals surface area (Å²) in [6.07, 6.45) is 2.49. The van der Waals surface area contributed by atoms with Gasteiger partial charge < -0.3 is 11.1 Å². The zero-order valence-corrected chi connectivity index (χ0v) is 10.8. The quantitative estimate of drug-likeness (QED) is 0.865. The van der Waals surface area contributed by atoms with Gasteiger partial charge in [0.25, 0.3) is 5.91 Å². The highest BCUT2D eigenvalue weighted by atomic mass is 35.5. The fourth-order valence-electron chi connectivity index (χ4n) is 1.80. The first-order chi connectivity index (χ1) is 7.70. The Labute approximate surface area is 108 Å². The molecule has 17 heavy (non-hydrogen) atoms. The number of hydrogen-bond donors (Lipinski definition) is 2. The maximum absolute atomic E-state index is 11.8. The van der Waals surface area contributed by atoms with E-state index >= 15 is 0 Å². The molecule has 0 aromatic heterocycles. The number of nitrogens with two attached hydrogens (primary N) is 1. The van der Waals surface area contributed by atoms with Crippen LogP contribution in [-0.4, -0.2) is 11.9 Å². The van der Waals surface area contributed by atoms with E-state index in [1.165, 1.54) is 12.8 Å². The molecule has 4 heteroatoms. The summed E-state index contributed by atoms with van der Waals surface area (Å²) in [7, 11) is 0. The molecule has 1 fully saturated rings. The van der Waals surface area contributed by atoms with Gasteiger partial charge in [0.05, 0.1) is 0 Å². The molecule has 1 atom stereocenters. The zero-order valence-electron chi connectivity index (χ0n) is 9.98. The first-order valence-corrected chi connectivity index (χ1v) is 5.80. The minimum Gasteiger partial charge on any atom is -0.349 e. The van der Waals surface area contributed by atoms with Gasteiger partial charge in [-0.1, -0.05) is 12.1 Å². The molecule has 0 bridgehead atoms. The molecular weight excluding hydrogens is 236 g/mol. The molecule has 3 N–H and O–H groups in total. The van der Waals surface area contributed by atoms with Crippen molar-refractivity contribution in [3.05, 3.63) is 35.4 Å².